The van der Waals surface area contributed by atoms with E-state index < -0.39 is 0 Å². The molecule has 2 aliphatic heterocycles. The Kier molecular flexibility index (Phi) is 4.72. The molecule has 2 aromatic rings. The highest BCUT2D eigenvalue weighted by atomic mass is 35.5. The van der Waals surface area contributed by atoms with Crippen molar-refractivity contribution in [2.75, 3.05) is 0 Å². The summed E-state index contributed by atoms with van der Waals surface area (Å²) < 4.78 is 7.36. The third kappa shape index (κ3) is 3.42. The molecule has 1 aromatic heterocycles. The number of allylic oxidation sites excluding steroid dienone is 1. The second-order valence-electron chi connectivity index (χ2n) is 6.54. The van der Waals surface area contributed by atoms with Crippen LogP contribution in [0.2, 0.25) is 5.02 Å². The average molecular weight is 394 g/mol. The minimum absolute atomic E-state index is 0.0219. The van der Waals surface area contributed by atoms with Gasteiger partial charge in [0.05, 0.1) is 29.8 Å². The Morgan fingerprint density at radius 2 is 2.25 bits per heavy atom. The maximum Gasteiger partial charge on any atom is 0.294 e. The van der Waals surface area contributed by atoms with Crippen molar-refractivity contribution >= 4 is 23.5 Å². The van der Waals surface area contributed by atoms with Gasteiger partial charge < -0.3 is 9.30 Å². The molecule has 0 spiro atoms. The van der Waals surface area contributed by atoms with Gasteiger partial charge in [0.2, 0.25) is 0 Å². The number of hydrogen-bond donors (Lipinski definition) is 1. The highest BCUT2D eigenvalue weighted by Crippen LogP contribution is 2.26. The highest BCUT2D eigenvalue weighted by Gasteiger charge is 2.30. The molecule has 1 aromatic carbocycles. The molecule has 2 atom stereocenters. The van der Waals surface area contributed by atoms with Crippen LogP contribution in [0.25, 0.3) is 0 Å². The number of benzene rings is 1. The Morgan fingerprint density at radius 1 is 1.39 bits per heavy atom. The average Bonchev–Trinajstić information content (AvgIpc) is 3.10. The van der Waals surface area contributed by atoms with E-state index in [-0.39, 0.29) is 23.4 Å². The zero-order valence-electron chi connectivity index (χ0n) is 15.0. The number of nitriles is 1. The van der Waals surface area contributed by atoms with E-state index >= 15 is 0 Å². The lowest BCUT2D eigenvalue weighted by atomic mass is 9.99. The molecule has 3 heterocycles. The SMILES string of the molecule is Cc1ccn(CC2=NNC3N=CC=CC23)c(=O)c1Oc1cc(Cl)cc(C#N)c1. The Morgan fingerprint density at radius 3 is 3.07 bits per heavy atom. The second kappa shape index (κ2) is 7.33. The number of ether oxygens (including phenoxy) is 1. The molecular weight excluding hydrogens is 378 g/mol. The molecule has 0 radical (unpaired) electrons. The first-order chi connectivity index (χ1) is 13.5. The summed E-state index contributed by atoms with van der Waals surface area (Å²) in [6.45, 7) is 2.11. The maximum absolute atomic E-state index is 13.0. The molecule has 0 aliphatic carbocycles. The number of nitrogens with one attached hydrogen (secondary N) is 1. The van der Waals surface area contributed by atoms with E-state index in [0.29, 0.717) is 28.4 Å². The van der Waals surface area contributed by atoms with Gasteiger partial charge in [-0.3, -0.25) is 15.2 Å². The molecule has 0 saturated heterocycles. The van der Waals surface area contributed by atoms with Gasteiger partial charge in [0.15, 0.2) is 5.75 Å². The molecule has 8 heteroatoms. The number of nitrogens with zero attached hydrogens (tertiary/aromatic N) is 4. The molecule has 0 fully saturated rings. The summed E-state index contributed by atoms with van der Waals surface area (Å²) in [6, 6.07) is 8.47. The number of fused-ring (bicyclic) bond motifs is 1. The lowest BCUT2D eigenvalue weighted by molar-refractivity contribution is 0.464. The minimum Gasteiger partial charge on any atom is -0.451 e. The number of aliphatic imine (C=N–C) groups is 1. The topological polar surface area (TPSA) is 91.8 Å². The van der Waals surface area contributed by atoms with Crippen molar-refractivity contribution in [1.29, 1.82) is 5.26 Å². The number of pyridine rings is 1. The molecule has 0 amide bonds. The van der Waals surface area contributed by atoms with Crippen LogP contribution in [0, 0.1) is 24.2 Å². The smallest absolute Gasteiger partial charge is 0.294 e. The van der Waals surface area contributed by atoms with Gasteiger partial charge in [-0.15, -0.1) is 0 Å². The van der Waals surface area contributed by atoms with Gasteiger partial charge in [0.25, 0.3) is 5.56 Å². The lowest BCUT2D eigenvalue weighted by Gasteiger charge is -2.17. The third-order valence-electron chi connectivity index (χ3n) is 4.59. The predicted octanol–water partition coefficient (Wildman–Crippen LogP) is 3.02. The van der Waals surface area contributed by atoms with Crippen LogP contribution in [0.3, 0.4) is 0 Å². The quantitative estimate of drug-likeness (QED) is 0.864. The number of aromatic nitrogens is 1. The van der Waals surface area contributed by atoms with Crippen molar-refractivity contribution in [2.24, 2.45) is 16.0 Å². The normalized spacial score (nSPS) is 19.5. The summed E-state index contributed by atoms with van der Waals surface area (Å²) in [4.78, 5) is 17.3. The number of halogens is 1. The monoisotopic (exact) mass is 393 g/mol. The molecule has 7 nitrogen and oxygen atoms in total. The molecule has 28 heavy (non-hydrogen) atoms. The Hall–Kier alpha value is -3.37. The van der Waals surface area contributed by atoms with Gasteiger partial charge in [0, 0.05) is 17.4 Å². The van der Waals surface area contributed by atoms with Gasteiger partial charge in [-0.2, -0.15) is 10.4 Å². The first-order valence-electron chi connectivity index (χ1n) is 8.65. The summed E-state index contributed by atoms with van der Waals surface area (Å²) in [5, 5.41) is 13.8. The third-order valence-corrected chi connectivity index (χ3v) is 4.81. The summed E-state index contributed by atoms with van der Waals surface area (Å²) in [5.41, 5.74) is 4.57. The van der Waals surface area contributed by atoms with Crippen LogP contribution >= 0.6 is 11.6 Å². The van der Waals surface area contributed by atoms with E-state index in [9.17, 15) is 4.79 Å². The van der Waals surface area contributed by atoms with Crippen LogP contribution in [-0.2, 0) is 6.54 Å². The van der Waals surface area contributed by atoms with Crippen molar-refractivity contribution in [3.63, 3.8) is 0 Å². The summed E-state index contributed by atoms with van der Waals surface area (Å²) in [5.74, 6) is 0.550. The molecule has 0 bridgehead atoms. The second-order valence-corrected chi connectivity index (χ2v) is 6.97. The Labute approximate surface area is 166 Å². The zero-order chi connectivity index (χ0) is 19.7. The number of hydrazone groups is 1. The highest BCUT2D eigenvalue weighted by molar-refractivity contribution is 6.30. The fourth-order valence-electron chi connectivity index (χ4n) is 3.15. The largest absolute Gasteiger partial charge is 0.451 e. The van der Waals surface area contributed by atoms with Gasteiger partial charge in [-0.25, -0.2) is 0 Å². The van der Waals surface area contributed by atoms with E-state index in [2.05, 4.69) is 15.5 Å². The Balaban J connectivity index is 1.63. The van der Waals surface area contributed by atoms with E-state index in [1.807, 2.05) is 24.3 Å². The van der Waals surface area contributed by atoms with E-state index in [0.717, 1.165) is 5.71 Å². The molecule has 2 aliphatic rings. The molecular formula is C20H16ClN5O2. The number of rotatable bonds is 4. The first kappa shape index (κ1) is 18.0. The van der Waals surface area contributed by atoms with Crippen molar-refractivity contribution in [3.8, 4) is 17.6 Å². The van der Waals surface area contributed by atoms with Crippen molar-refractivity contribution in [1.82, 2.24) is 9.99 Å². The van der Waals surface area contributed by atoms with Gasteiger partial charge in [0.1, 0.15) is 11.9 Å². The first-order valence-corrected chi connectivity index (χ1v) is 9.03. The number of hydrogen-bond acceptors (Lipinski definition) is 6. The van der Waals surface area contributed by atoms with Gasteiger partial charge in [-0.05, 0) is 42.8 Å². The molecule has 4 rings (SSSR count). The van der Waals surface area contributed by atoms with Crippen molar-refractivity contribution in [2.45, 2.75) is 19.6 Å². The zero-order valence-corrected chi connectivity index (χ0v) is 15.7. The predicted molar refractivity (Wildman–Crippen MR) is 107 cm³/mol. The van der Waals surface area contributed by atoms with Crippen LogP contribution in [0.1, 0.15) is 11.1 Å². The molecule has 140 valence electrons. The molecule has 2 unspecified atom stereocenters. The number of aryl methyl sites for hydroxylation is 1. The maximum atomic E-state index is 13.0. The fourth-order valence-corrected chi connectivity index (χ4v) is 3.38. The van der Waals surface area contributed by atoms with Crippen LogP contribution in [0.5, 0.6) is 11.5 Å². The van der Waals surface area contributed by atoms with Crippen LogP contribution in [0.4, 0.5) is 0 Å². The summed E-state index contributed by atoms with van der Waals surface area (Å²) >= 11 is 6.03. The minimum atomic E-state index is -0.284. The van der Waals surface area contributed by atoms with E-state index in [1.54, 1.807) is 36.0 Å². The molecule has 0 saturated carbocycles. The summed E-state index contributed by atoms with van der Waals surface area (Å²) in [6.07, 6.45) is 7.23. The van der Waals surface area contributed by atoms with Crippen molar-refractivity contribution < 1.29 is 4.74 Å². The van der Waals surface area contributed by atoms with E-state index in [4.69, 9.17) is 21.6 Å². The van der Waals surface area contributed by atoms with E-state index in [1.165, 1.54) is 6.07 Å². The lowest BCUT2D eigenvalue weighted by Crippen LogP contribution is -2.31. The standard InChI is InChI=1S/C20H16ClN5O2/c1-12-4-6-26(11-17-16-3-2-5-23-19(16)25-24-17)20(27)18(12)28-15-8-13(10-22)7-14(21)9-15/h2-9,16,19,25H,11H2,1H3. The molecule has 1 N–H and O–H groups in total. The fraction of sp³-hybridized carbons (Fsp3) is 0.200. The van der Waals surface area contributed by atoms with Gasteiger partial charge in [-0.1, -0.05) is 17.7 Å². The van der Waals surface area contributed by atoms with Crippen LogP contribution in [-0.4, -0.2) is 22.7 Å². The number of dihydropyridines is 1. The van der Waals surface area contributed by atoms with Crippen LogP contribution in [0.15, 0.2) is 57.5 Å². The van der Waals surface area contributed by atoms with Crippen molar-refractivity contribution in [3.05, 3.63) is 69.1 Å². The van der Waals surface area contributed by atoms with Crippen LogP contribution < -0.4 is 15.7 Å². The Bertz CT molecular complexity index is 1130. The summed E-state index contributed by atoms with van der Waals surface area (Å²) in [7, 11) is 0. The van der Waals surface area contributed by atoms with Gasteiger partial charge >= 0.3 is 0 Å².